The number of hydrogen-bond donors (Lipinski definition) is 1. The summed E-state index contributed by atoms with van der Waals surface area (Å²) in [6.45, 7) is 1.02. The van der Waals surface area contributed by atoms with Gasteiger partial charge in [0.1, 0.15) is 0 Å². The highest BCUT2D eigenvalue weighted by Gasteiger charge is 2.13. The Morgan fingerprint density at radius 1 is 1.05 bits per heavy atom. The van der Waals surface area contributed by atoms with Gasteiger partial charge in [-0.3, -0.25) is 0 Å². The number of anilines is 1. The zero-order chi connectivity index (χ0) is 13.4. The summed E-state index contributed by atoms with van der Waals surface area (Å²) in [5, 5.41) is 11.7. The van der Waals surface area contributed by atoms with E-state index in [2.05, 4.69) is 33.8 Å². The van der Waals surface area contributed by atoms with Gasteiger partial charge < -0.3 is 5.32 Å². The summed E-state index contributed by atoms with van der Waals surface area (Å²) >= 11 is 0. The molecule has 0 saturated heterocycles. The summed E-state index contributed by atoms with van der Waals surface area (Å²) in [4.78, 5) is 0. The van der Waals surface area contributed by atoms with Crippen LogP contribution in [0.25, 0.3) is 16.9 Å². The highest BCUT2D eigenvalue weighted by atomic mass is 15.4. The minimum absolute atomic E-state index is 1.01. The number of aromatic nitrogens is 3. The number of rotatable bonds is 2. The lowest BCUT2D eigenvalue weighted by Gasteiger charge is -2.08. The SMILES string of the molecule is c1ccc(-n2nncc2-c2ccc3c(c2)NCC3)cc1. The van der Waals surface area contributed by atoms with E-state index in [1.165, 1.54) is 11.3 Å². The molecule has 1 aliphatic heterocycles. The van der Waals surface area contributed by atoms with Gasteiger partial charge in [-0.2, -0.15) is 0 Å². The summed E-state index contributed by atoms with van der Waals surface area (Å²) in [7, 11) is 0. The molecule has 98 valence electrons. The van der Waals surface area contributed by atoms with E-state index in [-0.39, 0.29) is 0 Å². The van der Waals surface area contributed by atoms with Crippen molar-refractivity contribution < 1.29 is 0 Å². The molecule has 4 rings (SSSR count). The number of fused-ring (bicyclic) bond motifs is 1. The highest BCUT2D eigenvalue weighted by molar-refractivity contribution is 5.69. The third-order valence-electron chi connectivity index (χ3n) is 3.67. The van der Waals surface area contributed by atoms with Gasteiger partial charge in [-0.25, -0.2) is 4.68 Å². The molecule has 1 aliphatic rings. The molecule has 0 bridgehead atoms. The zero-order valence-corrected chi connectivity index (χ0v) is 11.0. The number of hydrogen-bond acceptors (Lipinski definition) is 3. The zero-order valence-electron chi connectivity index (χ0n) is 11.0. The molecule has 3 aromatic rings. The van der Waals surface area contributed by atoms with E-state index in [1.807, 2.05) is 41.2 Å². The fraction of sp³-hybridized carbons (Fsp3) is 0.125. The molecule has 1 N–H and O–H groups in total. The maximum atomic E-state index is 4.20. The first kappa shape index (κ1) is 11.2. The maximum Gasteiger partial charge on any atom is 0.0945 e. The fourth-order valence-corrected chi connectivity index (χ4v) is 2.64. The third-order valence-corrected chi connectivity index (χ3v) is 3.67. The molecule has 0 saturated carbocycles. The largest absolute Gasteiger partial charge is 0.384 e. The lowest BCUT2D eigenvalue weighted by molar-refractivity contribution is 0.808. The molecular formula is C16H14N4. The quantitative estimate of drug-likeness (QED) is 0.772. The molecule has 0 atom stereocenters. The second-order valence-electron chi connectivity index (χ2n) is 4.92. The van der Waals surface area contributed by atoms with Crippen LogP contribution in [0.4, 0.5) is 5.69 Å². The molecule has 0 aliphatic carbocycles. The van der Waals surface area contributed by atoms with Gasteiger partial charge in [0, 0.05) is 17.8 Å². The molecular weight excluding hydrogens is 248 g/mol. The Morgan fingerprint density at radius 2 is 1.95 bits per heavy atom. The average Bonchev–Trinajstić information content (AvgIpc) is 3.16. The maximum absolute atomic E-state index is 4.20. The van der Waals surface area contributed by atoms with Crippen LogP contribution in [0.1, 0.15) is 5.56 Å². The highest BCUT2D eigenvalue weighted by Crippen LogP contribution is 2.29. The van der Waals surface area contributed by atoms with Crippen LogP contribution >= 0.6 is 0 Å². The minimum atomic E-state index is 1.01. The van der Waals surface area contributed by atoms with Gasteiger partial charge in [-0.1, -0.05) is 35.5 Å². The van der Waals surface area contributed by atoms with Crippen LogP contribution < -0.4 is 5.32 Å². The number of nitrogens with one attached hydrogen (secondary N) is 1. The van der Waals surface area contributed by atoms with Gasteiger partial charge >= 0.3 is 0 Å². The van der Waals surface area contributed by atoms with Crippen LogP contribution in [0, 0.1) is 0 Å². The van der Waals surface area contributed by atoms with Crippen molar-refractivity contribution >= 4 is 5.69 Å². The molecule has 0 amide bonds. The molecule has 0 fully saturated rings. The second-order valence-corrected chi connectivity index (χ2v) is 4.92. The van der Waals surface area contributed by atoms with E-state index in [0.717, 1.165) is 29.9 Å². The van der Waals surface area contributed by atoms with Crippen molar-refractivity contribution in [1.82, 2.24) is 15.0 Å². The first-order valence-electron chi connectivity index (χ1n) is 6.75. The molecule has 0 unspecified atom stereocenters. The van der Waals surface area contributed by atoms with Crippen LogP contribution in [-0.4, -0.2) is 21.5 Å². The Balaban J connectivity index is 1.82. The van der Waals surface area contributed by atoms with Crippen molar-refractivity contribution in [1.29, 1.82) is 0 Å². The van der Waals surface area contributed by atoms with Crippen LogP contribution in [-0.2, 0) is 6.42 Å². The van der Waals surface area contributed by atoms with Gasteiger partial charge in [0.05, 0.1) is 17.6 Å². The van der Waals surface area contributed by atoms with Crippen molar-refractivity contribution in [2.45, 2.75) is 6.42 Å². The Morgan fingerprint density at radius 3 is 2.85 bits per heavy atom. The van der Waals surface area contributed by atoms with Gasteiger partial charge in [0.25, 0.3) is 0 Å². The van der Waals surface area contributed by atoms with Crippen LogP contribution in [0.15, 0.2) is 54.7 Å². The molecule has 0 radical (unpaired) electrons. The van der Waals surface area contributed by atoms with E-state index in [0.29, 0.717) is 0 Å². The molecule has 0 spiro atoms. The van der Waals surface area contributed by atoms with Crippen molar-refractivity contribution in [2.75, 3.05) is 11.9 Å². The van der Waals surface area contributed by atoms with Gasteiger partial charge in [0.2, 0.25) is 0 Å². The lowest BCUT2D eigenvalue weighted by atomic mass is 10.1. The van der Waals surface area contributed by atoms with Crippen molar-refractivity contribution in [3.63, 3.8) is 0 Å². The number of para-hydroxylation sites is 1. The van der Waals surface area contributed by atoms with Crippen LogP contribution in [0.5, 0.6) is 0 Å². The molecule has 1 aromatic heterocycles. The van der Waals surface area contributed by atoms with Gasteiger partial charge in [0.15, 0.2) is 0 Å². The fourth-order valence-electron chi connectivity index (χ4n) is 2.64. The molecule has 2 heterocycles. The lowest BCUT2D eigenvalue weighted by Crippen LogP contribution is -1.99. The summed E-state index contributed by atoms with van der Waals surface area (Å²) < 4.78 is 1.87. The van der Waals surface area contributed by atoms with Crippen molar-refractivity contribution in [2.24, 2.45) is 0 Å². The van der Waals surface area contributed by atoms with E-state index >= 15 is 0 Å². The van der Waals surface area contributed by atoms with Crippen molar-refractivity contribution in [3.05, 3.63) is 60.3 Å². The summed E-state index contributed by atoms with van der Waals surface area (Å²) in [6, 6.07) is 16.6. The minimum Gasteiger partial charge on any atom is -0.384 e. The topological polar surface area (TPSA) is 42.7 Å². The van der Waals surface area contributed by atoms with Crippen molar-refractivity contribution in [3.8, 4) is 16.9 Å². The smallest absolute Gasteiger partial charge is 0.0945 e. The normalized spacial score (nSPS) is 13.0. The summed E-state index contributed by atoms with van der Waals surface area (Å²) in [5.41, 5.74) is 5.77. The molecule has 4 nitrogen and oxygen atoms in total. The molecule has 2 aromatic carbocycles. The molecule has 20 heavy (non-hydrogen) atoms. The Hall–Kier alpha value is -2.62. The predicted molar refractivity (Wildman–Crippen MR) is 79.0 cm³/mol. The standard InChI is InChI=1S/C16H14N4/c1-2-4-14(5-3-1)20-16(11-18-19-20)13-7-6-12-8-9-17-15(12)10-13/h1-7,10-11,17H,8-9H2. The van der Waals surface area contributed by atoms with Gasteiger partial charge in [-0.15, -0.1) is 5.10 Å². The number of benzene rings is 2. The van der Waals surface area contributed by atoms with E-state index < -0.39 is 0 Å². The monoisotopic (exact) mass is 262 g/mol. The predicted octanol–water partition coefficient (Wildman–Crippen LogP) is 2.90. The van der Waals surface area contributed by atoms with Crippen LogP contribution in [0.3, 0.4) is 0 Å². The van der Waals surface area contributed by atoms with E-state index in [9.17, 15) is 0 Å². The van der Waals surface area contributed by atoms with Crippen LogP contribution in [0.2, 0.25) is 0 Å². The Labute approximate surface area is 117 Å². The van der Waals surface area contributed by atoms with E-state index in [1.54, 1.807) is 0 Å². The second kappa shape index (κ2) is 4.49. The summed E-state index contributed by atoms with van der Waals surface area (Å²) in [6.07, 6.45) is 2.91. The summed E-state index contributed by atoms with van der Waals surface area (Å²) in [5.74, 6) is 0. The first-order valence-corrected chi connectivity index (χ1v) is 6.75. The first-order chi connectivity index (χ1) is 9.92. The number of nitrogens with zero attached hydrogens (tertiary/aromatic N) is 3. The molecule has 4 heteroatoms. The Kier molecular flexibility index (Phi) is 2.52. The third kappa shape index (κ3) is 1.77. The van der Waals surface area contributed by atoms with E-state index in [4.69, 9.17) is 0 Å². The average molecular weight is 262 g/mol. The Bertz CT molecular complexity index is 746. The van der Waals surface area contributed by atoms with Gasteiger partial charge in [-0.05, 0) is 30.2 Å².